The Morgan fingerprint density at radius 1 is 1.32 bits per heavy atom. The molecule has 2 N–H and O–H groups in total. The second-order valence-electron chi connectivity index (χ2n) is 3.58. The largest absolute Gasteiger partial charge is 0.383 e. The van der Waals surface area contributed by atoms with Crippen LogP contribution in [-0.2, 0) is 9.53 Å². The van der Waals surface area contributed by atoms with Gasteiger partial charge in [-0.05, 0) is 0 Å². The molecule has 0 atom stereocenters. The van der Waals surface area contributed by atoms with Crippen molar-refractivity contribution in [3.63, 3.8) is 0 Å². The van der Waals surface area contributed by atoms with Crippen LogP contribution in [0.1, 0.15) is 16.9 Å². The summed E-state index contributed by atoms with van der Waals surface area (Å²) in [6.07, 6.45) is 2.82. The van der Waals surface area contributed by atoms with Crippen molar-refractivity contribution < 1.29 is 14.3 Å². The molecule has 0 fully saturated rings. The van der Waals surface area contributed by atoms with E-state index in [9.17, 15) is 9.59 Å². The zero-order valence-corrected chi connectivity index (χ0v) is 11.2. The van der Waals surface area contributed by atoms with Crippen LogP contribution in [0.5, 0.6) is 0 Å². The zero-order chi connectivity index (χ0) is 14.1. The summed E-state index contributed by atoms with van der Waals surface area (Å²) < 4.78 is 4.79. The van der Waals surface area contributed by atoms with E-state index in [0.717, 1.165) is 0 Å². The van der Waals surface area contributed by atoms with Crippen LogP contribution < -0.4 is 10.6 Å². The summed E-state index contributed by atoms with van der Waals surface area (Å²) in [5, 5.41) is 5.34. The molecule has 2 amide bonds. The number of amides is 2. The van der Waals surface area contributed by atoms with E-state index < -0.39 is 5.91 Å². The molecule has 8 heteroatoms. The second kappa shape index (κ2) is 8.39. The van der Waals surface area contributed by atoms with E-state index in [1.54, 1.807) is 7.11 Å². The Kier molecular flexibility index (Phi) is 6.76. The van der Waals surface area contributed by atoms with E-state index in [2.05, 4.69) is 20.6 Å². The number of ether oxygens (including phenoxy) is 1. The van der Waals surface area contributed by atoms with Gasteiger partial charge in [0.15, 0.2) is 0 Å². The van der Waals surface area contributed by atoms with Crippen LogP contribution >= 0.6 is 11.6 Å². The highest BCUT2D eigenvalue weighted by Gasteiger charge is 2.08. The van der Waals surface area contributed by atoms with Crippen molar-refractivity contribution in [2.45, 2.75) is 6.42 Å². The van der Waals surface area contributed by atoms with Crippen LogP contribution in [0.3, 0.4) is 0 Å². The third kappa shape index (κ3) is 6.12. The highest BCUT2D eigenvalue weighted by atomic mass is 35.5. The molecule has 1 heterocycles. The molecule has 1 aromatic rings. The Labute approximate surface area is 115 Å². The molecule has 0 aliphatic carbocycles. The van der Waals surface area contributed by atoms with Crippen molar-refractivity contribution in [3.8, 4) is 0 Å². The smallest absolute Gasteiger partial charge is 0.271 e. The third-order valence-electron chi connectivity index (χ3n) is 2.10. The molecule has 19 heavy (non-hydrogen) atoms. The van der Waals surface area contributed by atoms with E-state index in [-0.39, 0.29) is 29.7 Å². The average Bonchev–Trinajstić information content (AvgIpc) is 2.39. The molecule has 0 radical (unpaired) electrons. The third-order valence-corrected chi connectivity index (χ3v) is 2.29. The number of methoxy groups -OCH3 is 1. The van der Waals surface area contributed by atoms with Gasteiger partial charge in [-0.15, -0.1) is 0 Å². The van der Waals surface area contributed by atoms with Gasteiger partial charge in [-0.1, -0.05) is 11.6 Å². The van der Waals surface area contributed by atoms with Crippen LogP contribution in [0.2, 0.25) is 5.15 Å². The molecule has 0 aliphatic rings. The summed E-state index contributed by atoms with van der Waals surface area (Å²) in [6.45, 7) is 1.12. The van der Waals surface area contributed by atoms with Crippen LogP contribution in [-0.4, -0.2) is 48.6 Å². The van der Waals surface area contributed by atoms with Gasteiger partial charge in [-0.25, -0.2) is 4.98 Å². The Balaban J connectivity index is 2.25. The van der Waals surface area contributed by atoms with Gasteiger partial charge >= 0.3 is 0 Å². The first-order valence-electron chi connectivity index (χ1n) is 5.65. The quantitative estimate of drug-likeness (QED) is 0.689. The van der Waals surface area contributed by atoms with Crippen molar-refractivity contribution in [1.82, 2.24) is 20.6 Å². The summed E-state index contributed by atoms with van der Waals surface area (Å²) in [6, 6.07) is 0. The molecule has 0 bridgehead atoms. The lowest BCUT2D eigenvalue weighted by molar-refractivity contribution is -0.121. The van der Waals surface area contributed by atoms with Gasteiger partial charge in [0.25, 0.3) is 5.91 Å². The summed E-state index contributed by atoms with van der Waals surface area (Å²) in [4.78, 5) is 30.5. The topological polar surface area (TPSA) is 93.2 Å². The maximum absolute atomic E-state index is 11.6. The van der Waals surface area contributed by atoms with Crippen LogP contribution in [0.25, 0.3) is 0 Å². The van der Waals surface area contributed by atoms with E-state index in [1.807, 2.05) is 0 Å². The van der Waals surface area contributed by atoms with Gasteiger partial charge in [0.2, 0.25) is 5.91 Å². The summed E-state index contributed by atoms with van der Waals surface area (Å²) >= 11 is 5.61. The van der Waals surface area contributed by atoms with Crippen molar-refractivity contribution in [2.24, 2.45) is 0 Å². The Bertz CT molecular complexity index is 442. The average molecular weight is 287 g/mol. The fourth-order valence-electron chi connectivity index (χ4n) is 1.21. The molecule has 1 aromatic heterocycles. The molecule has 0 spiro atoms. The van der Waals surface area contributed by atoms with E-state index >= 15 is 0 Å². The van der Waals surface area contributed by atoms with Crippen LogP contribution in [0.4, 0.5) is 0 Å². The minimum Gasteiger partial charge on any atom is -0.383 e. The standard InChI is InChI=1S/C11H15ClN4O3/c1-19-5-4-14-10(17)2-3-15-11(18)8-6-13-7-9(12)16-8/h6-7H,2-5H2,1H3,(H,14,17)(H,15,18). The molecule has 0 saturated carbocycles. The minimum atomic E-state index is -0.417. The zero-order valence-electron chi connectivity index (χ0n) is 10.5. The van der Waals surface area contributed by atoms with Gasteiger partial charge in [-0.2, -0.15) is 0 Å². The number of carbonyl (C=O) groups excluding carboxylic acids is 2. The van der Waals surface area contributed by atoms with Gasteiger partial charge in [0.1, 0.15) is 10.8 Å². The summed E-state index contributed by atoms with van der Waals surface area (Å²) in [5.41, 5.74) is 0.118. The van der Waals surface area contributed by atoms with Gasteiger partial charge in [-0.3, -0.25) is 14.6 Å². The maximum Gasteiger partial charge on any atom is 0.271 e. The molecule has 0 saturated heterocycles. The Morgan fingerprint density at radius 2 is 2.11 bits per heavy atom. The molecular weight excluding hydrogens is 272 g/mol. The SMILES string of the molecule is COCCNC(=O)CCNC(=O)c1cncc(Cl)n1. The number of nitrogens with zero attached hydrogens (tertiary/aromatic N) is 2. The number of rotatable bonds is 7. The van der Waals surface area contributed by atoms with E-state index in [1.165, 1.54) is 12.4 Å². The van der Waals surface area contributed by atoms with Gasteiger partial charge in [0, 0.05) is 26.6 Å². The summed E-state index contributed by atoms with van der Waals surface area (Å²) in [5.74, 6) is -0.575. The second-order valence-corrected chi connectivity index (χ2v) is 3.96. The molecule has 1 rings (SSSR count). The number of nitrogens with one attached hydrogen (secondary N) is 2. The molecular formula is C11H15ClN4O3. The highest BCUT2D eigenvalue weighted by molar-refractivity contribution is 6.29. The molecule has 0 unspecified atom stereocenters. The lowest BCUT2D eigenvalue weighted by atomic mass is 10.3. The predicted molar refractivity (Wildman–Crippen MR) is 68.9 cm³/mol. The summed E-state index contributed by atoms with van der Waals surface area (Å²) in [7, 11) is 1.55. The van der Waals surface area contributed by atoms with Crippen molar-refractivity contribution in [2.75, 3.05) is 26.8 Å². The predicted octanol–water partition coefficient (Wildman–Crippen LogP) is 0.0125. The molecule has 0 aliphatic heterocycles. The molecule has 104 valence electrons. The fraction of sp³-hybridized carbons (Fsp3) is 0.455. The number of hydrogen-bond acceptors (Lipinski definition) is 5. The van der Waals surface area contributed by atoms with Crippen molar-refractivity contribution >= 4 is 23.4 Å². The number of carbonyl (C=O) groups is 2. The lowest BCUT2D eigenvalue weighted by Gasteiger charge is -2.06. The first-order valence-corrected chi connectivity index (χ1v) is 6.02. The number of hydrogen-bond donors (Lipinski definition) is 2. The van der Waals surface area contributed by atoms with Gasteiger partial charge < -0.3 is 15.4 Å². The molecule has 0 aromatic carbocycles. The van der Waals surface area contributed by atoms with Crippen LogP contribution in [0, 0.1) is 0 Å². The van der Waals surface area contributed by atoms with Gasteiger partial charge in [0.05, 0.1) is 19.0 Å². The van der Waals surface area contributed by atoms with Crippen molar-refractivity contribution in [1.29, 1.82) is 0 Å². The number of aromatic nitrogens is 2. The van der Waals surface area contributed by atoms with E-state index in [0.29, 0.717) is 13.2 Å². The number of halogens is 1. The maximum atomic E-state index is 11.6. The minimum absolute atomic E-state index is 0.118. The fourth-order valence-corrected chi connectivity index (χ4v) is 1.36. The van der Waals surface area contributed by atoms with Crippen molar-refractivity contribution in [3.05, 3.63) is 23.2 Å². The monoisotopic (exact) mass is 286 g/mol. The first-order chi connectivity index (χ1) is 9.13. The lowest BCUT2D eigenvalue weighted by Crippen LogP contribution is -2.32. The van der Waals surface area contributed by atoms with E-state index in [4.69, 9.17) is 16.3 Å². The highest BCUT2D eigenvalue weighted by Crippen LogP contribution is 2.01. The normalized spacial score (nSPS) is 10.0. The van der Waals surface area contributed by atoms with Crippen LogP contribution in [0.15, 0.2) is 12.4 Å². The Morgan fingerprint density at radius 3 is 2.79 bits per heavy atom. The first kappa shape index (κ1) is 15.3. The molecule has 7 nitrogen and oxygen atoms in total. The Hall–Kier alpha value is -1.73.